The van der Waals surface area contributed by atoms with Gasteiger partial charge < -0.3 is 15.6 Å². The molecule has 1 aromatic carbocycles. The SMILES string of the molecule is CCCCN(CCCC)c1ccc(-c2c(C#N)c(N)[nH]c(=O)c2C#N)cc1. The van der Waals surface area contributed by atoms with Crippen molar-refractivity contribution in [2.24, 2.45) is 0 Å². The van der Waals surface area contributed by atoms with E-state index >= 15 is 0 Å². The van der Waals surface area contributed by atoms with Gasteiger partial charge >= 0.3 is 0 Å². The summed E-state index contributed by atoms with van der Waals surface area (Å²) in [5, 5.41) is 18.8. The van der Waals surface area contributed by atoms with E-state index in [0.29, 0.717) is 11.1 Å². The molecular formula is C21H25N5O. The van der Waals surface area contributed by atoms with Gasteiger partial charge in [-0.25, -0.2) is 0 Å². The highest BCUT2D eigenvalue weighted by Crippen LogP contribution is 2.29. The molecule has 6 nitrogen and oxygen atoms in total. The number of nitriles is 2. The Morgan fingerprint density at radius 1 is 1.00 bits per heavy atom. The molecule has 140 valence electrons. The van der Waals surface area contributed by atoms with Gasteiger partial charge in [0.05, 0.1) is 0 Å². The lowest BCUT2D eigenvalue weighted by Crippen LogP contribution is -2.25. The third-order valence-electron chi connectivity index (χ3n) is 4.55. The van der Waals surface area contributed by atoms with E-state index in [9.17, 15) is 15.3 Å². The van der Waals surface area contributed by atoms with Crippen LogP contribution in [0.5, 0.6) is 0 Å². The summed E-state index contributed by atoms with van der Waals surface area (Å²) >= 11 is 0. The van der Waals surface area contributed by atoms with E-state index in [1.807, 2.05) is 36.4 Å². The average Bonchev–Trinajstić information content (AvgIpc) is 2.68. The Labute approximate surface area is 159 Å². The Kier molecular flexibility index (Phi) is 7.02. The maximum absolute atomic E-state index is 12.1. The first kappa shape index (κ1) is 20.1. The van der Waals surface area contributed by atoms with Crippen molar-refractivity contribution in [2.45, 2.75) is 39.5 Å². The first-order chi connectivity index (χ1) is 13.1. The van der Waals surface area contributed by atoms with Crippen molar-refractivity contribution in [1.82, 2.24) is 4.98 Å². The highest BCUT2D eigenvalue weighted by molar-refractivity contribution is 5.80. The first-order valence-corrected chi connectivity index (χ1v) is 9.28. The number of hydrogen-bond donors (Lipinski definition) is 2. The molecule has 1 aromatic heterocycles. The van der Waals surface area contributed by atoms with E-state index in [1.165, 1.54) is 0 Å². The number of hydrogen-bond acceptors (Lipinski definition) is 5. The predicted octanol–water partition coefficient (Wildman–Crippen LogP) is 3.77. The zero-order valence-corrected chi connectivity index (χ0v) is 15.9. The largest absolute Gasteiger partial charge is 0.384 e. The summed E-state index contributed by atoms with van der Waals surface area (Å²) in [5.74, 6) is -0.0203. The topological polar surface area (TPSA) is 110 Å². The van der Waals surface area contributed by atoms with E-state index in [0.717, 1.165) is 44.5 Å². The smallest absolute Gasteiger partial charge is 0.268 e. The summed E-state index contributed by atoms with van der Waals surface area (Å²) < 4.78 is 0. The van der Waals surface area contributed by atoms with Crippen molar-refractivity contribution in [2.75, 3.05) is 23.7 Å². The van der Waals surface area contributed by atoms with Crippen molar-refractivity contribution in [3.05, 3.63) is 45.7 Å². The van der Waals surface area contributed by atoms with Crippen LogP contribution in [0.25, 0.3) is 11.1 Å². The molecule has 0 bridgehead atoms. The number of aromatic nitrogens is 1. The molecule has 2 rings (SSSR count). The molecule has 0 unspecified atom stereocenters. The number of H-pyrrole nitrogens is 1. The summed E-state index contributed by atoms with van der Waals surface area (Å²) in [5.41, 5.74) is 7.25. The van der Waals surface area contributed by atoms with Gasteiger partial charge in [0.1, 0.15) is 29.1 Å². The van der Waals surface area contributed by atoms with Crippen molar-refractivity contribution < 1.29 is 0 Å². The van der Waals surface area contributed by atoms with Crippen molar-refractivity contribution >= 4 is 11.5 Å². The van der Waals surface area contributed by atoms with Gasteiger partial charge in [-0.3, -0.25) is 4.79 Å². The fourth-order valence-corrected chi connectivity index (χ4v) is 3.04. The van der Waals surface area contributed by atoms with Crippen LogP contribution in [0.3, 0.4) is 0 Å². The molecule has 27 heavy (non-hydrogen) atoms. The zero-order chi connectivity index (χ0) is 19.8. The molecule has 0 aliphatic carbocycles. The maximum atomic E-state index is 12.1. The summed E-state index contributed by atoms with van der Waals surface area (Å²) in [6.45, 7) is 6.32. The lowest BCUT2D eigenvalue weighted by molar-refractivity contribution is 0.678. The average molecular weight is 363 g/mol. The van der Waals surface area contributed by atoms with Gasteiger partial charge in [-0.2, -0.15) is 10.5 Å². The zero-order valence-electron chi connectivity index (χ0n) is 15.9. The minimum absolute atomic E-state index is 0.0203. The summed E-state index contributed by atoms with van der Waals surface area (Å²) in [7, 11) is 0. The van der Waals surface area contributed by atoms with Crippen LogP contribution in [0.2, 0.25) is 0 Å². The molecular weight excluding hydrogens is 338 g/mol. The number of nitrogens with zero attached hydrogens (tertiary/aromatic N) is 3. The first-order valence-electron chi connectivity index (χ1n) is 9.28. The van der Waals surface area contributed by atoms with E-state index in [2.05, 4.69) is 23.7 Å². The monoisotopic (exact) mass is 363 g/mol. The number of anilines is 2. The number of benzene rings is 1. The van der Waals surface area contributed by atoms with Crippen molar-refractivity contribution in [3.63, 3.8) is 0 Å². The molecule has 0 amide bonds. The minimum atomic E-state index is -0.583. The van der Waals surface area contributed by atoms with Gasteiger partial charge in [-0.15, -0.1) is 0 Å². The van der Waals surface area contributed by atoms with Crippen LogP contribution < -0.4 is 16.2 Å². The Morgan fingerprint density at radius 2 is 1.56 bits per heavy atom. The molecule has 0 aliphatic rings. The van der Waals surface area contributed by atoms with Crippen molar-refractivity contribution in [1.29, 1.82) is 10.5 Å². The van der Waals surface area contributed by atoms with Crippen LogP contribution in [-0.4, -0.2) is 18.1 Å². The summed E-state index contributed by atoms with van der Waals surface area (Å²) in [4.78, 5) is 16.8. The molecule has 0 saturated carbocycles. The number of rotatable bonds is 8. The Bertz CT molecular complexity index is 908. The normalized spacial score (nSPS) is 10.2. The highest BCUT2D eigenvalue weighted by atomic mass is 16.1. The molecule has 0 saturated heterocycles. The second-order valence-corrected chi connectivity index (χ2v) is 6.46. The third-order valence-corrected chi connectivity index (χ3v) is 4.55. The van der Waals surface area contributed by atoms with Gasteiger partial charge in [-0.1, -0.05) is 38.8 Å². The Hall–Kier alpha value is -3.25. The van der Waals surface area contributed by atoms with E-state index < -0.39 is 5.56 Å². The molecule has 0 radical (unpaired) electrons. The molecule has 0 fully saturated rings. The lowest BCUT2D eigenvalue weighted by atomic mass is 9.96. The molecule has 0 aliphatic heterocycles. The van der Waals surface area contributed by atoms with Gasteiger partial charge in [0.2, 0.25) is 0 Å². The Morgan fingerprint density at radius 3 is 2.04 bits per heavy atom. The van der Waals surface area contributed by atoms with Crippen LogP contribution in [0.4, 0.5) is 11.5 Å². The summed E-state index contributed by atoms with van der Waals surface area (Å²) in [6, 6.07) is 11.5. The van der Waals surface area contributed by atoms with Crippen LogP contribution in [0, 0.1) is 22.7 Å². The fraction of sp³-hybridized carbons (Fsp3) is 0.381. The van der Waals surface area contributed by atoms with Gasteiger partial charge in [0.15, 0.2) is 0 Å². The molecule has 6 heteroatoms. The summed E-state index contributed by atoms with van der Waals surface area (Å²) in [6.07, 6.45) is 4.49. The fourth-order valence-electron chi connectivity index (χ4n) is 3.04. The van der Waals surface area contributed by atoms with Gasteiger partial charge in [-0.05, 0) is 30.5 Å². The molecule has 0 spiro atoms. The standard InChI is InChI=1S/C21H25N5O/c1-3-5-11-26(12-6-4-2)16-9-7-15(8-10-16)19-17(13-22)20(24)25-21(27)18(19)14-23/h7-10H,3-6,11-12H2,1-2H3,(H3,24,25,27). The van der Waals surface area contributed by atoms with Gasteiger partial charge in [0, 0.05) is 24.3 Å². The van der Waals surface area contributed by atoms with E-state index in [1.54, 1.807) is 0 Å². The third kappa shape index (κ3) is 4.48. The van der Waals surface area contributed by atoms with Crippen LogP contribution in [0.15, 0.2) is 29.1 Å². The van der Waals surface area contributed by atoms with Crippen molar-refractivity contribution in [3.8, 4) is 23.3 Å². The Balaban J connectivity index is 2.47. The number of aromatic amines is 1. The number of nitrogen functional groups attached to an aromatic ring is 1. The molecule has 0 atom stereocenters. The number of unbranched alkanes of at least 4 members (excludes halogenated alkanes) is 2. The maximum Gasteiger partial charge on any atom is 0.268 e. The number of nitrogens with one attached hydrogen (secondary N) is 1. The molecule has 1 heterocycles. The highest BCUT2D eigenvalue weighted by Gasteiger charge is 2.18. The lowest BCUT2D eigenvalue weighted by Gasteiger charge is -2.25. The second-order valence-electron chi connectivity index (χ2n) is 6.46. The van der Waals surface area contributed by atoms with Crippen LogP contribution >= 0.6 is 0 Å². The number of pyridine rings is 1. The quantitative estimate of drug-likeness (QED) is 0.742. The van der Waals surface area contributed by atoms with E-state index in [4.69, 9.17) is 5.73 Å². The number of nitrogens with two attached hydrogens (primary N) is 1. The van der Waals surface area contributed by atoms with Crippen LogP contribution in [-0.2, 0) is 0 Å². The molecule has 3 N–H and O–H groups in total. The van der Waals surface area contributed by atoms with Gasteiger partial charge in [0.25, 0.3) is 5.56 Å². The molecule has 2 aromatic rings. The van der Waals surface area contributed by atoms with Crippen LogP contribution in [0.1, 0.15) is 50.7 Å². The second kappa shape index (κ2) is 9.45. The van der Waals surface area contributed by atoms with E-state index in [-0.39, 0.29) is 16.9 Å². The predicted molar refractivity (Wildman–Crippen MR) is 108 cm³/mol. The minimum Gasteiger partial charge on any atom is -0.384 e.